The van der Waals surface area contributed by atoms with Crippen molar-refractivity contribution in [2.24, 2.45) is 60.3 Å². The summed E-state index contributed by atoms with van der Waals surface area (Å²) >= 11 is 0. The molecule has 0 radical (unpaired) electrons. The van der Waals surface area contributed by atoms with Gasteiger partial charge in [-0.25, -0.2) is 0 Å². The molecule has 5 aliphatic heterocycles. The van der Waals surface area contributed by atoms with E-state index in [2.05, 4.69) is 0 Å². The predicted molar refractivity (Wildman–Crippen MR) is 268 cm³/mol. The van der Waals surface area contributed by atoms with Crippen LogP contribution < -0.4 is 0 Å². The van der Waals surface area contributed by atoms with Gasteiger partial charge in [-0.15, -0.1) is 0 Å². The van der Waals surface area contributed by atoms with Crippen LogP contribution in [0, 0.1) is 69.0 Å². The summed E-state index contributed by atoms with van der Waals surface area (Å²) in [6, 6.07) is -0.898. The van der Waals surface area contributed by atoms with Gasteiger partial charge in [0.15, 0.2) is 0 Å². The molecule has 5 heterocycles. The van der Waals surface area contributed by atoms with Crippen LogP contribution in [0.25, 0.3) is 5.32 Å². The summed E-state index contributed by atoms with van der Waals surface area (Å²) in [7, 11) is 9.17. The second-order valence-corrected chi connectivity index (χ2v) is 20.7. The quantitative estimate of drug-likeness (QED) is 0.0729. The van der Waals surface area contributed by atoms with Crippen LogP contribution in [0.4, 0.5) is 0 Å². The topological polar surface area (TPSA) is 283 Å². The molecular formula is C54H73CoN6O14. The van der Waals surface area contributed by atoms with Gasteiger partial charge in [-0.1, -0.05) is 40.7 Å². The van der Waals surface area contributed by atoms with Crippen LogP contribution in [0.5, 0.6) is 0 Å². The molecule has 5 rings (SSSR count). The van der Waals surface area contributed by atoms with Crippen LogP contribution in [0.15, 0.2) is 49.3 Å². The molecule has 0 unspecified atom stereocenters. The Bertz CT molecular complexity index is 2450. The first-order chi connectivity index (χ1) is 34.8. The molecule has 21 heteroatoms. The van der Waals surface area contributed by atoms with E-state index in [4.69, 9.17) is 77.1 Å². The van der Waals surface area contributed by atoms with Crippen molar-refractivity contribution in [3.63, 3.8) is 0 Å². The third kappa shape index (κ3) is 12.6. The number of methoxy groups -OCH3 is 7. The molecule has 0 aromatic carbocycles. The van der Waals surface area contributed by atoms with Gasteiger partial charge in [0.1, 0.15) is 0 Å². The number of ether oxygens (including phenoxy) is 7. The molecule has 1 fully saturated rings. The van der Waals surface area contributed by atoms with E-state index in [1.807, 2.05) is 61.5 Å². The van der Waals surface area contributed by atoms with Gasteiger partial charge in [-0.05, 0) is 75.0 Å². The molecule has 1 saturated heterocycles. The zero-order valence-electron chi connectivity index (χ0n) is 46.0. The molecule has 412 valence electrons. The van der Waals surface area contributed by atoms with Crippen LogP contribution >= 0.6 is 0 Å². The number of hydrogen-bond acceptors (Lipinski definition) is 19. The Labute approximate surface area is 451 Å². The third-order valence-electron chi connectivity index (χ3n) is 16.7. The normalized spacial score (nSPS) is 31.3. The summed E-state index contributed by atoms with van der Waals surface area (Å²) in [5.74, 6) is -5.83. The minimum Gasteiger partial charge on any atom is -0.682 e. The SMILES string of the molecule is COC(=O)CC[C@@H]1C2=NC(=C\C3=NC(=C(/C)C4=N[C@@](C)([C@@H]5[N-]/C(=C\2C)[C@](C)(CCC(=O)OC)[C@H]5CC(=O)OC)[C@@](C)(CC(=O)OC)[C@@H]4CCC(=O)OC)/[C@@](C)(CC(=O)OC)[C@@H]3CCC(=O)OC)/C1(C)C.[C-]#N.[C-]#N.[Co+3]. The Morgan fingerprint density at radius 2 is 1.03 bits per heavy atom. The van der Waals surface area contributed by atoms with Crippen molar-refractivity contribution < 1.29 is 83.5 Å². The minimum atomic E-state index is -1.38. The summed E-state index contributed by atoms with van der Waals surface area (Å²) in [5.41, 5.74) is -0.993. The van der Waals surface area contributed by atoms with Crippen molar-refractivity contribution in [1.82, 2.24) is 0 Å². The van der Waals surface area contributed by atoms with Crippen molar-refractivity contribution in [2.45, 2.75) is 138 Å². The Hall–Kier alpha value is -6.19. The minimum absolute atomic E-state index is 0. The molecule has 0 N–H and O–H groups in total. The number of allylic oxidation sites excluding steroid dienone is 6. The summed E-state index contributed by atoms with van der Waals surface area (Å²) in [4.78, 5) is 110. The van der Waals surface area contributed by atoms with E-state index in [-0.39, 0.29) is 81.0 Å². The van der Waals surface area contributed by atoms with Gasteiger partial charge in [-0.2, -0.15) is 5.70 Å². The zero-order valence-corrected chi connectivity index (χ0v) is 47.0. The van der Waals surface area contributed by atoms with Gasteiger partial charge in [0.25, 0.3) is 0 Å². The van der Waals surface area contributed by atoms with E-state index in [0.717, 1.165) is 0 Å². The average Bonchev–Trinajstić information content (AvgIpc) is 4.01. The summed E-state index contributed by atoms with van der Waals surface area (Å²) in [5, 5.41) is 18.2. The standard InChI is InChI=1S/C52H73N4O14.2CN.Co/c1-28-43-31(17-20-37(58)65-10)48(3,4)35(54-43)25-34-30(16-19-36(57)64-9)50(6,26-41(62)69-14)46(53-34)29(2)44-32(18-21-38(59)66-11)51(7,27-42(63)70-15)52(8,56-44)47-33(24-40(61)68-13)49(5,45(28)55-47)23-22-39(60)67-12;2*1-2;/h25,30-33,47H,16-24,26-27H2,1-15H3;;;/q3*-1;+3/t30-,31-,32-,33+,47-,49-,50+,51+,52+;;;/m1.../s1. The summed E-state index contributed by atoms with van der Waals surface area (Å²) < 4.78 is 36.7. The fourth-order valence-electron chi connectivity index (χ4n) is 12.2. The second kappa shape index (κ2) is 26.5. The van der Waals surface area contributed by atoms with Gasteiger partial charge >= 0.3 is 58.6 Å². The molecule has 0 amide bonds. The van der Waals surface area contributed by atoms with Crippen LogP contribution in [0.2, 0.25) is 0 Å². The molecule has 20 nitrogen and oxygen atoms in total. The Morgan fingerprint density at radius 1 is 0.573 bits per heavy atom. The Balaban J connectivity index is 0.00000376. The van der Waals surface area contributed by atoms with Crippen LogP contribution in [0.1, 0.15) is 126 Å². The third-order valence-corrected chi connectivity index (χ3v) is 16.7. The molecular weight excluding hydrogens is 1020 g/mol. The molecule has 5 aliphatic rings. The molecule has 0 aliphatic carbocycles. The van der Waals surface area contributed by atoms with E-state index in [0.29, 0.717) is 51.8 Å². The van der Waals surface area contributed by atoms with Gasteiger partial charge in [0.05, 0.1) is 73.8 Å². The van der Waals surface area contributed by atoms with Crippen LogP contribution in [-0.4, -0.2) is 120 Å². The fraction of sp³-hybridized carbons (Fsp3) is 0.667. The van der Waals surface area contributed by atoms with Crippen molar-refractivity contribution in [3.8, 4) is 0 Å². The molecule has 8 bridgehead atoms. The molecule has 0 spiro atoms. The number of rotatable bonds is 18. The number of fused-ring (bicyclic) bond motifs is 6. The summed E-state index contributed by atoms with van der Waals surface area (Å²) in [6.45, 7) is 25.1. The number of carbonyl (C=O) groups excluding carboxylic acids is 7. The number of esters is 7. The second-order valence-electron chi connectivity index (χ2n) is 20.7. The van der Waals surface area contributed by atoms with Gasteiger partial charge in [0, 0.05) is 88.9 Å². The molecule has 0 saturated carbocycles. The largest absolute Gasteiger partial charge is 3.00 e. The van der Waals surface area contributed by atoms with Crippen LogP contribution in [-0.2, 0) is 83.5 Å². The number of aliphatic imine (C=N–C) groups is 3. The zero-order chi connectivity index (χ0) is 56.3. The number of hydrogen-bond donors (Lipinski definition) is 0. The molecule has 0 aromatic heterocycles. The first kappa shape index (κ1) is 64.9. The van der Waals surface area contributed by atoms with Crippen LogP contribution in [0.3, 0.4) is 0 Å². The Morgan fingerprint density at radius 3 is 1.52 bits per heavy atom. The predicted octanol–water partition coefficient (Wildman–Crippen LogP) is 7.51. The molecule has 0 aromatic rings. The number of carbonyl (C=O) groups is 7. The number of nitrogens with zero attached hydrogens (tertiary/aromatic N) is 6. The van der Waals surface area contributed by atoms with E-state index < -0.39 is 98.7 Å². The van der Waals surface area contributed by atoms with E-state index in [9.17, 15) is 33.6 Å². The van der Waals surface area contributed by atoms with Gasteiger partial charge in [0.2, 0.25) is 0 Å². The van der Waals surface area contributed by atoms with Crippen molar-refractivity contribution >= 4 is 58.9 Å². The van der Waals surface area contributed by atoms with Gasteiger partial charge in [-0.3, -0.25) is 48.5 Å². The molecule has 75 heavy (non-hydrogen) atoms. The maximum atomic E-state index is 14.0. The maximum Gasteiger partial charge on any atom is 3.00 e. The van der Waals surface area contributed by atoms with Crippen molar-refractivity contribution in [1.29, 1.82) is 10.5 Å². The Kier molecular flexibility index (Phi) is 23.0. The van der Waals surface area contributed by atoms with Crippen molar-refractivity contribution in [2.75, 3.05) is 49.8 Å². The first-order valence-electron chi connectivity index (χ1n) is 24.4. The van der Waals surface area contributed by atoms with Crippen molar-refractivity contribution in [3.05, 3.63) is 52.8 Å². The average molecular weight is 1090 g/mol. The fourth-order valence-corrected chi connectivity index (χ4v) is 12.2. The molecule has 9 atom stereocenters. The smallest absolute Gasteiger partial charge is 0.682 e. The van der Waals surface area contributed by atoms with E-state index >= 15 is 0 Å². The first-order valence-corrected chi connectivity index (χ1v) is 24.4. The summed E-state index contributed by atoms with van der Waals surface area (Å²) in [6.07, 6.45) is 2.21. The monoisotopic (exact) mass is 1090 g/mol. The van der Waals surface area contributed by atoms with E-state index in [1.165, 1.54) is 49.8 Å². The van der Waals surface area contributed by atoms with E-state index in [1.54, 1.807) is 0 Å². The maximum absolute atomic E-state index is 14.0. The van der Waals surface area contributed by atoms with Gasteiger partial charge < -0.3 is 62.1 Å².